The number of nitrogens with zero attached hydrogens (tertiary/aromatic N) is 3. The number of amides is 2. The van der Waals surface area contributed by atoms with Crippen LogP contribution in [0.15, 0.2) is 22.6 Å². The normalized spacial score (nSPS) is 23.7. The Balaban J connectivity index is 1.50. The molecule has 8 heteroatoms. The summed E-state index contributed by atoms with van der Waals surface area (Å²) in [6, 6.07) is 4.90. The lowest BCUT2D eigenvalue weighted by molar-refractivity contribution is 0.139. The molecule has 0 bridgehead atoms. The second-order valence-corrected chi connectivity index (χ2v) is 6.15. The molecular weight excluding hydrogens is 315 g/mol. The largest absolute Gasteiger partial charge is 0.423 e. The van der Waals surface area contributed by atoms with E-state index >= 15 is 0 Å². The number of nitrogens with one attached hydrogen (secondary N) is 1. The zero-order chi connectivity index (χ0) is 16.7. The Morgan fingerprint density at radius 2 is 2.38 bits per heavy atom. The number of urea groups is 1. The smallest absolute Gasteiger partial charge is 0.318 e. The highest BCUT2D eigenvalue weighted by atomic mass is 19.1. The number of benzene rings is 1. The maximum absolute atomic E-state index is 13.3. The monoisotopic (exact) mass is 334 g/mol. The van der Waals surface area contributed by atoms with Gasteiger partial charge in [-0.1, -0.05) is 0 Å². The molecule has 1 aromatic carbocycles. The highest BCUT2D eigenvalue weighted by Gasteiger charge is 2.43. The van der Waals surface area contributed by atoms with E-state index in [1.54, 1.807) is 13.2 Å². The van der Waals surface area contributed by atoms with Crippen molar-refractivity contribution in [2.75, 3.05) is 38.3 Å². The molecule has 1 aromatic heterocycles. The van der Waals surface area contributed by atoms with Crippen molar-refractivity contribution in [3.8, 4) is 0 Å². The first kappa shape index (κ1) is 15.2. The molecular formula is C16H19FN4O3. The van der Waals surface area contributed by atoms with Gasteiger partial charge in [0.1, 0.15) is 11.3 Å². The van der Waals surface area contributed by atoms with E-state index in [1.807, 2.05) is 9.80 Å². The minimum Gasteiger partial charge on any atom is -0.423 e. The Bertz CT molecular complexity index is 765. The minimum atomic E-state index is -0.335. The summed E-state index contributed by atoms with van der Waals surface area (Å²) in [5, 5.41) is 3.02. The van der Waals surface area contributed by atoms with E-state index in [-0.39, 0.29) is 23.9 Å². The van der Waals surface area contributed by atoms with Crippen molar-refractivity contribution in [3.05, 3.63) is 24.0 Å². The molecule has 128 valence electrons. The number of carbonyl (C=O) groups excluding carboxylic acids is 1. The second kappa shape index (κ2) is 5.94. The van der Waals surface area contributed by atoms with Crippen LogP contribution in [0.3, 0.4) is 0 Å². The van der Waals surface area contributed by atoms with Gasteiger partial charge in [0.05, 0.1) is 18.7 Å². The Hall–Kier alpha value is -2.35. The Labute approximate surface area is 138 Å². The fraction of sp³-hybridized carbons (Fsp3) is 0.500. The van der Waals surface area contributed by atoms with E-state index < -0.39 is 0 Å². The highest BCUT2D eigenvalue weighted by Crippen LogP contribution is 2.28. The average molecular weight is 334 g/mol. The first-order valence-corrected chi connectivity index (χ1v) is 8.03. The Morgan fingerprint density at radius 1 is 1.50 bits per heavy atom. The highest BCUT2D eigenvalue weighted by molar-refractivity contribution is 5.78. The predicted octanol–water partition coefficient (Wildman–Crippen LogP) is 1.59. The number of oxazole rings is 1. The SMILES string of the molecule is COCCN1C(=O)N[C@@H]2CN(c3nc4cc(F)ccc4o3)CC[C@@H]21. The molecule has 24 heavy (non-hydrogen) atoms. The molecule has 0 saturated carbocycles. The number of hydrogen-bond donors (Lipinski definition) is 1. The summed E-state index contributed by atoms with van der Waals surface area (Å²) in [7, 11) is 1.63. The average Bonchev–Trinajstić information content (AvgIpc) is 3.12. The van der Waals surface area contributed by atoms with Crippen molar-refractivity contribution in [2.24, 2.45) is 0 Å². The van der Waals surface area contributed by atoms with Crippen LogP contribution in [0.5, 0.6) is 0 Å². The first-order valence-electron chi connectivity index (χ1n) is 8.03. The third-order valence-corrected chi connectivity index (χ3v) is 4.69. The molecule has 2 aliphatic heterocycles. The standard InChI is InChI=1S/C16H19FN4O3/c1-23-7-6-21-13-4-5-20(9-12(13)18-15(21)22)16-19-11-8-10(17)2-3-14(11)24-16/h2-3,8,12-13H,4-7,9H2,1H3,(H,18,22)/t12-,13+/m1/s1. The number of piperidine rings is 1. The van der Waals surface area contributed by atoms with E-state index in [4.69, 9.17) is 9.15 Å². The van der Waals surface area contributed by atoms with Crippen LogP contribution in [0.4, 0.5) is 15.2 Å². The van der Waals surface area contributed by atoms with Crippen molar-refractivity contribution in [3.63, 3.8) is 0 Å². The molecule has 3 heterocycles. The summed E-state index contributed by atoms with van der Waals surface area (Å²) >= 11 is 0. The van der Waals surface area contributed by atoms with Gasteiger partial charge in [0.25, 0.3) is 6.01 Å². The van der Waals surface area contributed by atoms with Gasteiger partial charge in [-0.05, 0) is 18.6 Å². The Kier molecular flexibility index (Phi) is 3.76. The summed E-state index contributed by atoms with van der Waals surface area (Å²) in [4.78, 5) is 20.3. The van der Waals surface area contributed by atoms with E-state index in [0.29, 0.717) is 36.8 Å². The number of aromatic nitrogens is 1. The molecule has 2 aromatic rings. The lowest BCUT2D eigenvalue weighted by Crippen LogP contribution is -2.51. The Morgan fingerprint density at radius 3 is 3.21 bits per heavy atom. The maximum atomic E-state index is 13.3. The summed E-state index contributed by atoms with van der Waals surface area (Å²) in [5.41, 5.74) is 1.06. The first-order chi connectivity index (χ1) is 11.7. The van der Waals surface area contributed by atoms with Crippen molar-refractivity contribution in [1.29, 1.82) is 0 Å². The molecule has 0 unspecified atom stereocenters. The van der Waals surface area contributed by atoms with Gasteiger partial charge >= 0.3 is 6.03 Å². The van der Waals surface area contributed by atoms with E-state index in [2.05, 4.69) is 10.3 Å². The molecule has 2 amide bonds. The zero-order valence-corrected chi connectivity index (χ0v) is 13.4. The number of ether oxygens (including phenoxy) is 1. The van der Waals surface area contributed by atoms with Gasteiger partial charge in [-0.15, -0.1) is 0 Å². The fourth-order valence-corrected chi connectivity index (χ4v) is 3.50. The number of rotatable bonds is 4. The molecule has 7 nitrogen and oxygen atoms in total. The van der Waals surface area contributed by atoms with Crippen LogP contribution in [0.25, 0.3) is 11.1 Å². The van der Waals surface area contributed by atoms with Crippen LogP contribution in [-0.2, 0) is 4.74 Å². The van der Waals surface area contributed by atoms with Crippen LogP contribution in [0.2, 0.25) is 0 Å². The number of methoxy groups -OCH3 is 1. The molecule has 2 aliphatic rings. The van der Waals surface area contributed by atoms with Gasteiger partial charge in [-0.3, -0.25) is 0 Å². The van der Waals surface area contributed by atoms with Gasteiger partial charge in [-0.2, -0.15) is 4.98 Å². The maximum Gasteiger partial charge on any atom is 0.318 e. The van der Waals surface area contributed by atoms with Crippen molar-refractivity contribution < 1.29 is 18.3 Å². The van der Waals surface area contributed by atoms with Gasteiger partial charge in [-0.25, -0.2) is 9.18 Å². The topological polar surface area (TPSA) is 70.8 Å². The van der Waals surface area contributed by atoms with Gasteiger partial charge in [0, 0.05) is 32.8 Å². The molecule has 2 saturated heterocycles. The van der Waals surface area contributed by atoms with Crippen LogP contribution in [0, 0.1) is 5.82 Å². The molecule has 4 rings (SSSR count). The molecule has 0 radical (unpaired) electrons. The molecule has 0 spiro atoms. The number of halogens is 1. The predicted molar refractivity (Wildman–Crippen MR) is 85.5 cm³/mol. The summed E-state index contributed by atoms with van der Waals surface area (Å²) in [6.07, 6.45) is 0.820. The van der Waals surface area contributed by atoms with Crippen molar-refractivity contribution in [1.82, 2.24) is 15.2 Å². The summed E-state index contributed by atoms with van der Waals surface area (Å²) in [5.74, 6) is -0.335. The van der Waals surface area contributed by atoms with E-state index in [0.717, 1.165) is 13.0 Å². The second-order valence-electron chi connectivity index (χ2n) is 6.15. The zero-order valence-electron chi connectivity index (χ0n) is 13.4. The quantitative estimate of drug-likeness (QED) is 0.919. The van der Waals surface area contributed by atoms with E-state index in [9.17, 15) is 9.18 Å². The van der Waals surface area contributed by atoms with Gasteiger partial charge in [0.15, 0.2) is 5.58 Å². The summed E-state index contributed by atoms with van der Waals surface area (Å²) < 4.78 is 24.1. The summed E-state index contributed by atoms with van der Waals surface area (Å²) in [6.45, 7) is 2.47. The van der Waals surface area contributed by atoms with Crippen molar-refractivity contribution in [2.45, 2.75) is 18.5 Å². The molecule has 2 fully saturated rings. The fourth-order valence-electron chi connectivity index (χ4n) is 3.50. The number of anilines is 1. The lowest BCUT2D eigenvalue weighted by atomic mass is 10.0. The lowest BCUT2D eigenvalue weighted by Gasteiger charge is -2.35. The van der Waals surface area contributed by atoms with E-state index in [1.165, 1.54) is 12.1 Å². The number of hydrogen-bond acceptors (Lipinski definition) is 5. The minimum absolute atomic E-state index is 0.0230. The van der Waals surface area contributed by atoms with Crippen LogP contribution in [-0.4, -0.2) is 61.3 Å². The number of fused-ring (bicyclic) bond motifs is 2. The molecule has 2 atom stereocenters. The molecule has 1 N–H and O–H groups in total. The molecule has 0 aliphatic carbocycles. The number of carbonyl (C=O) groups is 1. The van der Waals surface area contributed by atoms with Crippen LogP contribution >= 0.6 is 0 Å². The third kappa shape index (κ3) is 2.56. The van der Waals surface area contributed by atoms with Gasteiger partial charge < -0.3 is 24.3 Å². The van der Waals surface area contributed by atoms with Crippen molar-refractivity contribution >= 4 is 23.1 Å². The van der Waals surface area contributed by atoms with Gasteiger partial charge in [0.2, 0.25) is 0 Å². The van der Waals surface area contributed by atoms with Crippen LogP contribution < -0.4 is 10.2 Å². The third-order valence-electron chi connectivity index (χ3n) is 4.69. The van der Waals surface area contributed by atoms with Crippen LogP contribution in [0.1, 0.15) is 6.42 Å².